The number of likely N-dealkylation sites (tertiary alicyclic amines) is 1. The fourth-order valence-electron chi connectivity index (χ4n) is 3.73. The van der Waals surface area contributed by atoms with Crippen LogP contribution in [0.4, 0.5) is 0 Å². The standard InChI is InChI=1S/C20H23N5O/c26-20(18-8-2-1-7-17(18)19-21-11-12-22-19)25-14-4-3-6-16(25)9-15-24-13-5-10-23-24/h1-2,5,7-8,10-13,16H,3-4,6,9,14-15H2,(H,21,22)/t16-/m0/s1. The summed E-state index contributed by atoms with van der Waals surface area (Å²) in [5, 5.41) is 4.28. The highest BCUT2D eigenvalue weighted by atomic mass is 16.2. The van der Waals surface area contributed by atoms with E-state index >= 15 is 0 Å². The van der Waals surface area contributed by atoms with Gasteiger partial charge in [-0.15, -0.1) is 0 Å². The van der Waals surface area contributed by atoms with E-state index in [-0.39, 0.29) is 11.9 Å². The molecule has 0 bridgehead atoms. The zero-order chi connectivity index (χ0) is 17.8. The van der Waals surface area contributed by atoms with E-state index in [1.807, 2.05) is 41.2 Å². The van der Waals surface area contributed by atoms with E-state index in [4.69, 9.17) is 0 Å². The number of hydrogen-bond acceptors (Lipinski definition) is 3. The van der Waals surface area contributed by atoms with Crippen molar-refractivity contribution >= 4 is 5.91 Å². The number of carbonyl (C=O) groups excluding carboxylic acids is 1. The number of piperidine rings is 1. The normalized spacial score (nSPS) is 17.4. The number of nitrogens with zero attached hydrogens (tertiary/aromatic N) is 4. The minimum Gasteiger partial charge on any atom is -0.345 e. The largest absolute Gasteiger partial charge is 0.345 e. The van der Waals surface area contributed by atoms with Crippen LogP contribution in [0.25, 0.3) is 11.4 Å². The van der Waals surface area contributed by atoms with Gasteiger partial charge in [-0.05, 0) is 37.8 Å². The Balaban J connectivity index is 1.56. The van der Waals surface area contributed by atoms with Crippen LogP contribution in [0.3, 0.4) is 0 Å². The van der Waals surface area contributed by atoms with Gasteiger partial charge in [-0.2, -0.15) is 5.10 Å². The van der Waals surface area contributed by atoms with Crippen LogP contribution in [0.2, 0.25) is 0 Å². The molecule has 0 saturated carbocycles. The third-order valence-corrected chi connectivity index (χ3v) is 5.05. The number of carbonyl (C=O) groups is 1. The number of aryl methyl sites for hydroxylation is 1. The molecule has 1 N–H and O–H groups in total. The fourth-order valence-corrected chi connectivity index (χ4v) is 3.73. The lowest BCUT2D eigenvalue weighted by atomic mass is 9.97. The van der Waals surface area contributed by atoms with Crippen molar-refractivity contribution < 1.29 is 4.79 Å². The zero-order valence-electron chi connectivity index (χ0n) is 14.7. The van der Waals surface area contributed by atoms with Gasteiger partial charge in [-0.25, -0.2) is 4.98 Å². The topological polar surface area (TPSA) is 66.8 Å². The lowest BCUT2D eigenvalue weighted by molar-refractivity contribution is 0.0594. The van der Waals surface area contributed by atoms with Crippen LogP contribution >= 0.6 is 0 Å². The van der Waals surface area contributed by atoms with E-state index in [0.717, 1.165) is 43.7 Å². The maximum Gasteiger partial charge on any atom is 0.254 e. The quantitative estimate of drug-likeness (QED) is 0.768. The first kappa shape index (κ1) is 16.6. The average Bonchev–Trinajstić information content (AvgIpc) is 3.40. The van der Waals surface area contributed by atoms with E-state index < -0.39 is 0 Å². The second kappa shape index (κ2) is 7.56. The number of benzene rings is 1. The summed E-state index contributed by atoms with van der Waals surface area (Å²) in [5.74, 6) is 0.834. The second-order valence-electron chi connectivity index (χ2n) is 6.69. The Hall–Kier alpha value is -2.89. The van der Waals surface area contributed by atoms with Crippen LogP contribution in [-0.4, -0.2) is 43.1 Å². The Kier molecular flexibility index (Phi) is 4.82. The van der Waals surface area contributed by atoms with E-state index in [9.17, 15) is 4.79 Å². The molecule has 1 aliphatic rings. The van der Waals surface area contributed by atoms with Gasteiger partial charge in [0, 0.05) is 49.5 Å². The lowest BCUT2D eigenvalue weighted by Crippen LogP contribution is -2.44. The molecule has 4 rings (SSSR count). The summed E-state index contributed by atoms with van der Waals surface area (Å²) in [5.41, 5.74) is 1.58. The maximum absolute atomic E-state index is 13.3. The molecule has 6 heteroatoms. The molecule has 1 saturated heterocycles. The molecule has 1 fully saturated rings. The smallest absolute Gasteiger partial charge is 0.254 e. The molecule has 0 unspecified atom stereocenters. The van der Waals surface area contributed by atoms with Gasteiger partial charge < -0.3 is 9.88 Å². The minimum absolute atomic E-state index is 0.0992. The molecule has 0 aliphatic carbocycles. The highest BCUT2D eigenvalue weighted by molar-refractivity contribution is 6.00. The van der Waals surface area contributed by atoms with Crippen molar-refractivity contribution in [2.45, 2.75) is 38.3 Å². The van der Waals surface area contributed by atoms with Gasteiger partial charge in [-0.3, -0.25) is 9.48 Å². The Labute approximate surface area is 152 Å². The molecular formula is C20H23N5O. The number of amides is 1. The molecule has 6 nitrogen and oxygen atoms in total. The first-order valence-corrected chi connectivity index (χ1v) is 9.20. The Bertz CT molecular complexity index is 841. The van der Waals surface area contributed by atoms with Crippen LogP contribution in [0.1, 0.15) is 36.0 Å². The van der Waals surface area contributed by atoms with Gasteiger partial charge in [0.05, 0.1) is 5.56 Å². The predicted octanol–water partition coefficient (Wildman–Crippen LogP) is 3.36. The molecule has 2 aromatic heterocycles. The van der Waals surface area contributed by atoms with Crippen molar-refractivity contribution in [1.29, 1.82) is 0 Å². The number of hydrogen-bond donors (Lipinski definition) is 1. The number of H-pyrrole nitrogens is 1. The monoisotopic (exact) mass is 349 g/mol. The fraction of sp³-hybridized carbons (Fsp3) is 0.350. The van der Waals surface area contributed by atoms with Crippen molar-refractivity contribution in [1.82, 2.24) is 24.6 Å². The molecule has 1 atom stereocenters. The minimum atomic E-state index is 0.0992. The number of aromatic amines is 1. The van der Waals surface area contributed by atoms with Crippen LogP contribution < -0.4 is 0 Å². The third kappa shape index (κ3) is 3.40. The van der Waals surface area contributed by atoms with Gasteiger partial charge in [0.1, 0.15) is 5.82 Å². The summed E-state index contributed by atoms with van der Waals surface area (Å²) in [6.07, 6.45) is 11.5. The summed E-state index contributed by atoms with van der Waals surface area (Å²) >= 11 is 0. The molecular weight excluding hydrogens is 326 g/mol. The summed E-state index contributed by atoms with van der Waals surface area (Å²) < 4.78 is 1.94. The summed E-state index contributed by atoms with van der Waals surface area (Å²) in [6, 6.07) is 9.91. The number of nitrogens with one attached hydrogen (secondary N) is 1. The van der Waals surface area contributed by atoms with Gasteiger partial charge in [0.15, 0.2) is 0 Å². The Morgan fingerprint density at radius 3 is 2.92 bits per heavy atom. The lowest BCUT2D eigenvalue weighted by Gasteiger charge is -2.36. The van der Waals surface area contributed by atoms with Crippen LogP contribution in [0.5, 0.6) is 0 Å². The molecule has 0 spiro atoms. The Morgan fingerprint density at radius 1 is 1.19 bits per heavy atom. The van der Waals surface area contributed by atoms with Crippen LogP contribution in [-0.2, 0) is 6.54 Å². The molecule has 0 radical (unpaired) electrons. The second-order valence-corrected chi connectivity index (χ2v) is 6.69. The molecule has 26 heavy (non-hydrogen) atoms. The van der Waals surface area contributed by atoms with Crippen LogP contribution in [0, 0.1) is 0 Å². The van der Waals surface area contributed by atoms with E-state index in [1.165, 1.54) is 6.42 Å². The molecule has 3 heterocycles. The van der Waals surface area contributed by atoms with Gasteiger partial charge in [0.25, 0.3) is 5.91 Å². The van der Waals surface area contributed by atoms with E-state index in [1.54, 1.807) is 18.6 Å². The molecule has 1 aromatic carbocycles. The molecule has 3 aromatic rings. The van der Waals surface area contributed by atoms with Crippen molar-refractivity contribution in [3.8, 4) is 11.4 Å². The molecule has 134 valence electrons. The Morgan fingerprint density at radius 2 is 2.12 bits per heavy atom. The predicted molar refractivity (Wildman–Crippen MR) is 99.5 cm³/mol. The average molecular weight is 349 g/mol. The molecule has 1 aliphatic heterocycles. The van der Waals surface area contributed by atoms with E-state index in [2.05, 4.69) is 20.0 Å². The van der Waals surface area contributed by atoms with Gasteiger partial charge >= 0.3 is 0 Å². The number of rotatable bonds is 5. The summed E-state index contributed by atoms with van der Waals surface area (Å²) in [4.78, 5) is 22.8. The highest BCUT2D eigenvalue weighted by Gasteiger charge is 2.29. The van der Waals surface area contributed by atoms with Gasteiger partial charge in [-0.1, -0.05) is 18.2 Å². The first-order valence-electron chi connectivity index (χ1n) is 9.20. The van der Waals surface area contributed by atoms with Crippen molar-refractivity contribution in [3.63, 3.8) is 0 Å². The molecule has 1 amide bonds. The summed E-state index contributed by atoms with van der Waals surface area (Å²) in [6.45, 7) is 1.65. The van der Waals surface area contributed by atoms with E-state index in [0.29, 0.717) is 5.56 Å². The third-order valence-electron chi connectivity index (χ3n) is 5.05. The zero-order valence-corrected chi connectivity index (χ0v) is 14.7. The van der Waals surface area contributed by atoms with Gasteiger partial charge in [0.2, 0.25) is 0 Å². The highest BCUT2D eigenvalue weighted by Crippen LogP contribution is 2.26. The van der Waals surface area contributed by atoms with Crippen molar-refractivity contribution in [3.05, 3.63) is 60.7 Å². The summed E-state index contributed by atoms with van der Waals surface area (Å²) in [7, 11) is 0. The number of imidazole rings is 1. The first-order chi connectivity index (χ1) is 12.8. The maximum atomic E-state index is 13.3. The number of aromatic nitrogens is 4. The van der Waals surface area contributed by atoms with Crippen molar-refractivity contribution in [2.75, 3.05) is 6.54 Å². The SMILES string of the molecule is O=C(c1ccccc1-c1ncc[nH]1)N1CCCC[C@H]1CCn1cccn1. The van der Waals surface area contributed by atoms with Crippen molar-refractivity contribution in [2.24, 2.45) is 0 Å². The van der Waals surface area contributed by atoms with Crippen LogP contribution in [0.15, 0.2) is 55.1 Å².